The minimum absolute atomic E-state index is 0.234. The van der Waals surface area contributed by atoms with Crippen LogP contribution in [0.5, 0.6) is 11.5 Å². The first kappa shape index (κ1) is 18.8. The van der Waals surface area contributed by atoms with E-state index in [1.807, 2.05) is 18.2 Å². The van der Waals surface area contributed by atoms with Gasteiger partial charge in [0.1, 0.15) is 18.0 Å². The van der Waals surface area contributed by atoms with E-state index in [1.54, 1.807) is 36.4 Å². The molecule has 2 amide bonds. The van der Waals surface area contributed by atoms with E-state index in [2.05, 4.69) is 5.32 Å². The summed E-state index contributed by atoms with van der Waals surface area (Å²) in [6, 6.07) is 15.7. The Bertz CT molecular complexity index is 824. The summed E-state index contributed by atoms with van der Waals surface area (Å²) in [7, 11) is 0. The number of amides is 2. The number of para-hydroxylation sites is 1. The van der Waals surface area contributed by atoms with Gasteiger partial charge in [0.05, 0.1) is 5.92 Å². The van der Waals surface area contributed by atoms with Crippen LogP contribution in [-0.4, -0.2) is 36.0 Å². The van der Waals surface area contributed by atoms with Gasteiger partial charge in [-0.15, -0.1) is 0 Å². The zero-order valence-corrected chi connectivity index (χ0v) is 14.2. The highest BCUT2D eigenvalue weighted by Gasteiger charge is 2.40. The Kier molecular flexibility index (Phi) is 5.34. The highest BCUT2D eigenvalue weighted by molar-refractivity contribution is 5.97. The summed E-state index contributed by atoms with van der Waals surface area (Å²) in [4.78, 5) is 24.7. The quantitative estimate of drug-likeness (QED) is 0.860. The fraction of sp³-hybridized carbons (Fsp3) is 0.263. The molecule has 0 radical (unpaired) electrons. The standard InChI is InChI=1S/C19H17F3N2O3/c20-19(21,22)12-24-11-13(9-17(24)25)18(26)23-14-5-4-8-16(10-14)27-15-6-2-1-3-7-15/h1-8,10,13H,9,11-12H2,(H,23,26). The first-order valence-electron chi connectivity index (χ1n) is 8.28. The van der Waals surface area contributed by atoms with Crippen molar-refractivity contribution in [2.24, 2.45) is 5.92 Å². The summed E-state index contributed by atoms with van der Waals surface area (Å²) in [5.74, 6) is -0.859. The molecule has 8 heteroatoms. The van der Waals surface area contributed by atoms with Crippen molar-refractivity contribution in [3.8, 4) is 11.5 Å². The van der Waals surface area contributed by atoms with Gasteiger partial charge in [0.15, 0.2) is 0 Å². The van der Waals surface area contributed by atoms with E-state index in [-0.39, 0.29) is 13.0 Å². The summed E-state index contributed by atoms with van der Waals surface area (Å²) < 4.78 is 43.1. The van der Waals surface area contributed by atoms with E-state index in [1.165, 1.54) is 0 Å². The summed E-state index contributed by atoms with van der Waals surface area (Å²) in [6.07, 6.45) is -4.72. The topological polar surface area (TPSA) is 58.6 Å². The highest BCUT2D eigenvalue weighted by Crippen LogP contribution is 2.27. The first-order chi connectivity index (χ1) is 12.8. The van der Waals surface area contributed by atoms with Crippen LogP contribution >= 0.6 is 0 Å². The van der Waals surface area contributed by atoms with Crippen molar-refractivity contribution >= 4 is 17.5 Å². The van der Waals surface area contributed by atoms with Crippen LogP contribution in [0.25, 0.3) is 0 Å². The molecule has 0 saturated carbocycles. The van der Waals surface area contributed by atoms with Gasteiger partial charge in [-0.3, -0.25) is 9.59 Å². The summed E-state index contributed by atoms with van der Waals surface area (Å²) in [5, 5.41) is 2.63. The van der Waals surface area contributed by atoms with Crippen LogP contribution in [0.1, 0.15) is 6.42 Å². The number of nitrogens with one attached hydrogen (secondary N) is 1. The Labute approximate surface area is 153 Å². The number of anilines is 1. The largest absolute Gasteiger partial charge is 0.457 e. The van der Waals surface area contributed by atoms with Crippen LogP contribution in [0.2, 0.25) is 0 Å². The van der Waals surface area contributed by atoms with Crippen molar-refractivity contribution in [3.05, 3.63) is 54.6 Å². The lowest BCUT2D eigenvalue weighted by molar-refractivity contribution is -0.157. The van der Waals surface area contributed by atoms with Gasteiger partial charge < -0.3 is 15.0 Å². The molecule has 1 N–H and O–H groups in total. The van der Waals surface area contributed by atoms with Gasteiger partial charge in [-0.05, 0) is 24.3 Å². The van der Waals surface area contributed by atoms with Gasteiger partial charge in [-0.2, -0.15) is 13.2 Å². The number of rotatable bonds is 5. The van der Waals surface area contributed by atoms with E-state index in [4.69, 9.17) is 4.74 Å². The van der Waals surface area contributed by atoms with Crippen LogP contribution < -0.4 is 10.1 Å². The van der Waals surface area contributed by atoms with Crippen molar-refractivity contribution < 1.29 is 27.5 Å². The predicted molar refractivity (Wildman–Crippen MR) is 92.3 cm³/mol. The average molecular weight is 378 g/mol. The van der Waals surface area contributed by atoms with Crippen molar-refractivity contribution in [2.75, 3.05) is 18.4 Å². The van der Waals surface area contributed by atoms with Gasteiger partial charge in [0.2, 0.25) is 11.8 Å². The first-order valence-corrected chi connectivity index (χ1v) is 8.28. The molecule has 0 aliphatic carbocycles. The zero-order valence-electron chi connectivity index (χ0n) is 14.2. The monoisotopic (exact) mass is 378 g/mol. The maximum Gasteiger partial charge on any atom is 0.406 e. The minimum Gasteiger partial charge on any atom is -0.457 e. The van der Waals surface area contributed by atoms with Gasteiger partial charge in [-0.1, -0.05) is 24.3 Å². The second-order valence-electron chi connectivity index (χ2n) is 6.22. The molecule has 1 atom stereocenters. The van der Waals surface area contributed by atoms with E-state index in [0.717, 1.165) is 0 Å². The second-order valence-corrected chi connectivity index (χ2v) is 6.22. The second kappa shape index (κ2) is 7.69. The smallest absolute Gasteiger partial charge is 0.406 e. The molecular formula is C19H17F3N2O3. The third-order valence-corrected chi connectivity index (χ3v) is 4.04. The molecule has 27 heavy (non-hydrogen) atoms. The Hall–Kier alpha value is -3.03. The van der Waals surface area contributed by atoms with Crippen LogP contribution in [0, 0.1) is 5.92 Å². The van der Waals surface area contributed by atoms with Crippen molar-refractivity contribution in [1.29, 1.82) is 0 Å². The van der Waals surface area contributed by atoms with Gasteiger partial charge in [-0.25, -0.2) is 0 Å². The molecule has 1 fully saturated rings. The van der Waals surface area contributed by atoms with Crippen molar-refractivity contribution in [2.45, 2.75) is 12.6 Å². The highest BCUT2D eigenvalue weighted by atomic mass is 19.4. The molecule has 1 saturated heterocycles. The maximum atomic E-state index is 12.5. The molecular weight excluding hydrogens is 361 g/mol. The third-order valence-electron chi connectivity index (χ3n) is 4.04. The number of alkyl halides is 3. The van der Waals surface area contributed by atoms with Crippen LogP contribution in [0.4, 0.5) is 18.9 Å². The maximum absolute atomic E-state index is 12.5. The molecule has 5 nitrogen and oxygen atoms in total. The fourth-order valence-corrected chi connectivity index (χ4v) is 2.82. The molecule has 0 spiro atoms. The van der Waals surface area contributed by atoms with Crippen molar-refractivity contribution in [3.63, 3.8) is 0 Å². The molecule has 1 aliphatic rings. The summed E-state index contributed by atoms with van der Waals surface area (Å²) in [5.41, 5.74) is 0.440. The van der Waals surface area contributed by atoms with Crippen LogP contribution in [-0.2, 0) is 9.59 Å². The number of nitrogens with zero attached hydrogens (tertiary/aromatic N) is 1. The summed E-state index contributed by atoms with van der Waals surface area (Å²) >= 11 is 0. The Morgan fingerprint density at radius 3 is 2.52 bits per heavy atom. The van der Waals surface area contributed by atoms with Crippen molar-refractivity contribution in [1.82, 2.24) is 4.90 Å². The molecule has 2 aromatic rings. The van der Waals surface area contributed by atoms with E-state index in [0.29, 0.717) is 22.1 Å². The van der Waals surface area contributed by atoms with E-state index in [9.17, 15) is 22.8 Å². The number of ether oxygens (including phenoxy) is 1. The SMILES string of the molecule is O=C(Nc1cccc(Oc2ccccc2)c1)C1CC(=O)N(CC(F)(F)F)C1. The number of hydrogen-bond acceptors (Lipinski definition) is 3. The van der Waals surface area contributed by atoms with Crippen LogP contribution in [0.15, 0.2) is 54.6 Å². The lowest BCUT2D eigenvalue weighted by atomic mass is 10.1. The number of benzene rings is 2. The fourth-order valence-electron chi connectivity index (χ4n) is 2.82. The lowest BCUT2D eigenvalue weighted by Crippen LogP contribution is -2.36. The van der Waals surface area contributed by atoms with Crippen LogP contribution in [0.3, 0.4) is 0 Å². The molecule has 1 aliphatic heterocycles. The summed E-state index contributed by atoms with van der Waals surface area (Å²) in [6.45, 7) is -1.58. The lowest BCUT2D eigenvalue weighted by Gasteiger charge is -2.18. The van der Waals surface area contributed by atoms with E-state index < -0.39 is 30.5 Å². The number of halogens is 3. The van der Waals surface area contributed by atoms with E-state index >= 15 is 0 Å². The molecule has 1 heterocycles. The zero-order chi connectivity index (χ0) is 19.4. The van der Waals surface area contributed by atoms with Gasteiger partial charge >= 0.3 is 6.18 Å². The Morgan fingerprint density at radius 1 is 1.11 bits per heavy atom. The molecule has 0 bridgehead atoms. The average Bonchev–Trinajstić information content (AvgIpc) is 2.95. The van der Waals surface area contributed by atoms with Gasteiger partial charge in [0.25, 0.3) is 0 Å². The number of carbonyl (C=O) groups excluding carboxylic acids is 2. The Morgan fingerprint density at radius 2 is 1.81 bits per heavy atom. The molecule has 1 unspecified atom stereocenters. The number of carbonyl (C=O) groups is 2. The van der Waals surface area contributed by atoms with Gasteiger partial charge in [0, 0.05) is 24.7 Å². The number of likely N-dealkylation sites (tertiary alicyclic amines) is 1. The molecule has 3 rings (SSSR count). The molecule has 142 valence electrons. The molecule has 0 aromatic heterocycles. The number of hydrogen-bond donors (Lipinski definition) is 1. The Balaban J connectivity index is 1.61. The normalized spacial score (nSPS) is 17.1. The minimum atomic E-state index is -4.48. The predicted octanol–water partition coefficient (Wildman–Crippen LogP) is 3.83. The third kappa shape index (κ3) is 5.22. The molecule has 2 aromatic carbocycles.